The number of halogens is 2. The highest BCUT2D eigenvalue weighted by atomic mass is 35.5. The van der Waals surface area contributed by atoms with Crippen LogP contribution in [0.3, 0.4) is 0 Å². The molecule has 0 aliphatic carbocycles. The van der Waals surface area contributed by atoms with Gasteiger partial charge in [-0.15, -0.1) is 0 Å². The number of nitrogens with zero attached hydrogens (tertiary/aromatic N) is 1. The zero-order valence-corrected chi connectivity index (χ0v) is 10.9. The van der Waals surface area contributed by atoms with Crippen molar-refractivity contribution in [1.29, 1.82) is 0 Å². The zero-order valence-electron chi connectivity index (χ0n) is 9.41. The van der Waals surface area contributed by atoms with Gasteiger partial charge in [0, 0.05) is 16.6 Å². The number of hydrogen-bond donors (Lipinski definition) is 0. The topological polar surface area (TPSA) is 31.2 Å². The molecule has 1 aromatic heterocycles. The molecule has 1 heterocycles. The molecule has 90 valence electrons. The summed E-state index contributed by atoms with van der Waals surface area (Å²) < 4.78 is 6.51. The van der Waals surface area contributed by atoms with Crippen molar-refractivity contribution in [3.8, 4) is 0 Å². The van der Waals surface area contributed by atoms with Crippen LogP contribution in [0.4, 0.5) is 0 Å². The van der Waals surface area contributed by atoms with Crippen LogP contribution in [0.2, 0.25) is 10.0 Å². The lowest BCUT2D eigenvalue weighted by molar-refractivity contribution is -0.143. The second-order valence-corrected chi connectivity index (χ2v) is 4.59. The van der Waals surface area contributed by atoms with Gasteiger partial charge in [0.25, 0.3) is 0 Å². The molecule has 0 spiro atoms. The van der Waals surface area contributed by atoms with Gasteiger partial charge in [-0.2, -0.15) is 0 Å². The molecule has 3 nitrogen and oxygen atoms in total. The third-order valence-corrected chi connectivity index (χ3v) is 3.24. The van der Waals surface area contributed by atoms with Gasteiger partial charge in [-0.25, -0.2) is 4.79 Å². The van der Waals surface area contributed by atoms with E-state index in [1.54, 1.807) is 29.8 Å². The van der Waals surface area contributed by atoms with Crippen LogP contribution in [0.5, 0.6) is 0 Å². The molecule has 2 aromatic rings. The van der Waals surface area contributed by atoms with Gasteiger partial charge in [0.2, 0.25) is 0 Å². The fraction of sp³-hybridized carbons (Fsp3) is 0.250. The van der Waals surface area contributed by atoms with Crippen LogP contribution < -0.4 is 0 Å². The lowest BCUT2D eigenvalue weighted by Gasteiger charge is -2.13. The van der Waals surface area contributed by atoms with Gasteiger partial charge in [-0.3, -0.25) is 0 Å². The highest BCUT2D eigenvalue weighted by Gasteiger charge is 2.17. The van der Waals surface area contributed by atoms with Gasteiger partial charge in [-0.1, -0.05) is 23.2 Å². The summed E-state index contributed by atoms with van der Waals surface area (Å²) >= 11 is 12.0. The molecule has 0 saturated carbocycles. The molecular formula is C12H11Cl2NO2. The number of aromatic nitrogens is 1. The number of esters is 1. The average Bonchev–Trinajstić information content (AvgIpc) is 2.70. The van der Waals surface area contributed by atoms with Crippen LogP contribution in [0.25, 0.3) is 10.9 Å². The Balaban J connectivity index is 2.60. The first-order valence-corrected chi connectivity index (χ1v) is 5.83. The number of ether oxygens (including phenoxy) is 1. The zero-order chi connectivity index (χ0) is 12.6. The van der Waals surface area contributed by atoms with Crippen LogP contribution in [0, 0.1) is 0 Å². The first kappa shape index (κ1) is 12.3. The summed E-state index contributed by atoms with van der Waals surface area (Å²) in [6.45, 7) is 1.76. The Bertz CT molecular complexity index is 577. The predicted molar refractivity (Wildman–Crippen MR) is 68.7 cm³/mol. The fourth-order valence-corrected chi connectivity index (χ4v) is 2.35. The predicted octanol–water partition coefficient (Wildman–Crippen LogP) is 3.68. The van der Waals surface area contributed by atoms with Gasteiger partial charge >= 0.3 is 5.97 Å². The number of rotatable bonds is 2. The van der Waals surface area contributed by atoms with E-state index < -0.39 is 6.04 Å². The largest absolute Gasteiger partial charge is 0.467 e. The van der Waals surface area contributed by atoms with Crippen LogP contribution in [0.15, 0.2) is 24.4 Å². The Morgan fingerprint density at radius 1 is 1.41 bits per heavy atom. The Hall–Kier alpha value is -1.19. The molecule has 17 heavy (non-hydrogen) atoms. The van der Waals surface area contributed by atoms with E-state index in [0.717, 1.165) is 10.9 Å². The number of methoxy groups -OCH3 is 1. The molecule has 1 aromatic carbocycles. The lowest BCUT2D eigenvalue weighted by Crippen LogP contribution is -2.16. The van der Waals surface area contributed by atoms with Gasteiger partial charge in [0.05, 0.1) is 17.6 Å². The first-order valence-electron chi connectivity index (χ1n) is 5.08. The summed E-state index contributed by atoms with van der Waals surface area (Å²) in [5.74, 6) is -0.307. The fourth-order valence-electron chi connectivity index (χ4n) is 1.81. The summed E-state index contributed by atoms with van der Waals surface area (Å²) in [6, 6.07) is 4.90. The van der Waals surface area contributed by atoms with Crippen LogP contribution in [-0.2, 0) is 9.53 Å². The van der Waals surface area contributed by atoms with Crippen molar-refractivity contribution >= 4 is 40.1 Å². The minimum atomic E-state index is -0.410. The van der Waals surface area contributed by atoms with E-state index in [0.29, 0.717) is 10.0 Å². The van der Waals surface area contributed by atoms with E-state index in [-0.39, 0.29) is 5.97 Å². The molecule has 0 amide bonds. The standard InChI is InChI=1S/C12H11Cl2NO2/c1-7(12(16)17-2)15-4-3-9-10(14)5-8(13)6-11(9)15/h3-7H,1-2H3. The van der Waals surface area contributed by atoms with E-state index in [2.05, 4.69) is 0 Å². The quantitative estimate of drug-likeness (QED) is 0.781. The minimum absolute atomic E-state index is 0.307. The Morgan fingerprint density at radius 2 is 2.12 bits per heavy atom. The summed E-state index contributed by atoms with van der Waals surface area (Å²) in [5.41, 5.74) is 0.820. The van der Waals surface area contributed by atoms with Crippen molar-refractivity contribution in [2.24, 2.45) is 0 Å². The molecule has 0 radical (unpaired) electrons. The first-order chi connectivity index (χ1) is 8.04. The third-order valence-electron chi connectivity index (χ3n) is 2.71. The van der Waals surface area contributed by atoms with Gasteiger partial charge in [0.15, 0.2) is 0 Å². The Morgan fingerprint density at radius 3 is 2.76 bits per heavy atom. The molecule has 1 atom stereocenters. The molecular weight excluding hydrogens is 261 g/mol. The molecule has 0 aliphatic rings. The van der Waals surface area contributed by atoms with Crippen LogP contribution in [0.1, 0.15) is 13.0 Å². The summed E-state index contributed by atoms with van der Waals surface area (Å²) in [4.78, 5) is 11.5. The smallest absolute Gasteiger partial charge is 0.328 e. The Kier molecular flexibility index (Phi) is 3.31. The van der Waals surface area contributed by atoms with E-state index in [1.165, 1.54) is 7.11 Å². The molecule has 0 saturated heterocycles. The van der Waals surface area contributed by atoms with Crippen molar-refractivity contribution in [3.63, 3.8) is 0 Å². The molecule has 1 unspecified atom stereocenters. The summed E-state index contributed by atoms with van der Waals surface area (Å²) in [6.07, 6.45) is 1.80. The van der Waals surface area contributed by atoms with Gasteiger partial charge in [0.1, 0.15) is 6.04 Å². The van der Waals surface area contributed by atoms with E-state index in [1.807, 2.05) is 6.07 Å². The molecule has 0 bridgehead atoms. The monoisotopic (exact) mass is 271 g/mol. The van der Waals surface area contributed by atoms with Crippen molar-refractivity contribution in [3.05, 3.63) is 34.4 Å². The molecule has 2 rings (SSSR count). The van der Waals surface area contributed by atoms with E-state index in [9.17, 15) is 4.79 Å². The maximum absolute atomic E-state index is 11.5. The lowest BCUT2D eigenvalue weighted by atomic mass is 10.2. The minimum Gasteiger partial charge on any atom is -0.467 e. The number of hydrogen-bond acceptors (Lipinski definition) is 2. The second kappa shape index (κ2) is 4.59. The van der Waals surface area contributed by atoms with E-state index in [4.69, 9.17) is 27.9 Å². The van der Waals surface area contributed by atoms with Crippen LogP contribution in [-0.4, -0.2) is 17.6 Å². The van der Waals surface area contributed by atoms with Crippen molar-refractivity contribution < 1.29 is 9.53 Å². The van der Waals surface area contributed by atoms with Gasteiger partial charge < -0.3 is 9.30 Å². The maximum Gasteiger partial charge on any atom is 0.328 e. The number of benzene rings is 1. The highest BCUT2D eigenvalue weighted by Crippen LogP contribution is 2.30. The molecule has 0 N–H and O–H groups in total. The van der Waals surface area contributed by atoms with Crippen molar-refractivity contribution in [1.82, 2.24) is 4.57 Å². The summed E-state index contributed by atoms with van der Waals surface area (Å²) in [5, 5.41) is 1.98. The third kappa shape index (κ3) is 2.13. The number of fused-ring (bicyclic) bond motifs is 1. The molecule has 0 fully saturated rings. The number of carbonyl (C=O) groups is 1. The highest BCUT2D eigenvalue weighted by molar-refractivity contribution is 6.38. The maximum atomic E-state index is 11.5. The van der Waals surface area contributed by atoms with E-state index >= 15 is 0 Å². The number of carbonyl (C=O) groups excluding carboxylic acids is 1. The van der Waals surface area contributed by atoms with Crippen molar-refractivity contribution in [2.75, 3.05) is 7.11 Å². The average molecular weight is 272 g/mol. The molecule has 5 heteroatoms. The van der Waals surface area contributed by atoms with Crippen LogP contribution >= 0.6 is 23.2 Å². The normalized spacial score (nSPS) is 12.7. The van der Waals surface area contributed by atoms with Gasteiger partial charge in [-0.05, 0) is 25.1 Å². The molecule has 0 aliphatic heterocycles. The Labute approximate surface area is 109 Å². The second-order valence-electron chi connectivity index (χ2n) is 3.74. The summed E-state index contributed by atoms with van der Waals surface area (Å²) in [7, 11) is 1.37. The van der Waals surface area contributed by atoms with Crippen molar-refractivity contribution in [2.45, 2.75) is 13.0 Å². The SMILES string of the molecule is COC(=O)C(C)n1ccc2c(Cl)cc(Cl)cc21.